The fourth-order valence-electron chi connectivity index (χ4n) is 3.07. The van der Waals surface area contributed by atoms with Crippen LogP contribution < -0.4 is 5.49 Å². The van der Waals surface area contributed by atoms with E-state index in [9.17, 15) is 0 Å². The van der Waals surface area contributed by atoms with Gasteiger partial charge in [0.25, 0.3) is 0 Å². The summed E-state index contributed by atoms with van der Waals surface area (Å²) in [5.74, 6) is 0.0586. The highest BCUT2D eigenvalue weighted by Gasteiger charge is 2.16. The van der Waals surface area contributed by atoms with Crippen LogP contribution in [0.15, 0.2) is 79.0 Å². The number of rotatable bonds is 3. The maximum atomic E-state index is 8.65. The van der Waals surface area contributed by atoms with Crippen molar-refractivity contribution in [3.05, 3.63) is 90.0 Å². The molecule has 1 atom stereocenters. The van der Waals surface area contributed by atoms with E-state index in [4.69, 9.17) is 10.8 Å². The number of hydrogen-bond donors (Lipinski definition) is 2. The zero-order valence-electron chi connectivity index (χ0n) is 14.9. The Bertz CT molecular complexity index is 1180. The molecular weight excluding hydrogens is 334 g/mol. The van der Waals surface area contributed by atoms with Gasteiger partial charge in [0.1, 0.15) is 11.3 Å². The molecule has 0 saturated carbocycles. The molecule has 4 rings (SSSR count). The average molecular weight is 353 g/mol. The molecule has 0 amide bonds. The Kier molecular flexibility index (Phi) is 4.34. The van der Waals surface area contributed by atoms with E-state index >= 15 is 0 Å². The highest BCUT2D eigenvalue weighted by molar-refractivity contribution is 5.89. The van der Waals surface area contributed by atoms with Crippen LogP contribution in [-0.4, -0.2) is 20.6 Å². The first-order chi connectivity index (χ1) is 13.1. The molecule has 0 fully saturated rings. The van der Waals surface area contributed by atoms with Crippen molar-refractivity contribution >= 4 is 16.7 Å². The number of hydrogen-bond acceptors (Lipinski definition) is 4. The van der Waals surface area contributed by atoms with Gasteiger partial charge in [-0.05, 0) is 35.9 Å². The molecule has 27 heavy (non-hydrogen) atoms. The van der Waals surface area contributed by atoms with Gasteiger partial charge in [0.15, 0.2) is 0 Å². The lowest BCUT2D eigenvalue weighted by atomic mass is 9.98. The van der Waals surface area contributed by atoms with Crippen LogP contribution in [0.2, 0.25) is 0 Å². The van der Waals surface area contributed by atoms with Crippen molar-refractivity contribution in [2.24, 2.45) is 0 Å². The van der Waals surface area contributed by atoms with Crippen LogP contribution in [0.4, 0.5) is 0 Å². The zero-order valence-corrected chi connectivity index (χ0v) is 14.9. The lowest BCUT2D eigenvalue weighted by molar-refractivity contribution is 0.771. The van der Waals surface area contributed by atoms with Crippen LogP contribution >= 0.6 is 0 Å². The molecule has 132 valence electrons. The van der Waals surface area contributed by atoms with Crippen molar-refractivity contribution in [2.45, 2.75) is 12.8 Å². The van der Waals surface area contributed by atoms with Gasteiger partial charge >= 0.3 is 0 Å². The van der Waals surface area contributed by atoms with Crippen LogP contribution in [0.1, 0.15) is 18.4 Å². The molecule has 2 N–H and O–H groups in total. The molecule has 0 saturated heterocycles. The van der Waals surface area contributed by atoms with Gasteiger partial charge in [-0.3, -0.25) is 15.8 Å². The van der Waals surface area contributed by atoms with Gasteiger partial charge in [-0.2, -0.15) is 5.10 Å². The summed E-state index contributed by atoms with van der Waals surface area (Å²) in [6.07, 6.45) is 1.77. The lowest BCUT2D eigenvalue weighted by Gasteiger charge is -2.16. The highest BCUT2D eigenvalue weighted by atomic mass is 15.3. The summed E-state index contributed by atoms with van der Waals surface area (Å²) >= 11 is 0. The van der Waals surface area contributed by atoms with Gasteiger partial charge < -0.3 is 0 Å². The van der Waals surface area contributed by atoms with Crippen molar-refractivity contribution in [1.29, 1.82) is 10.8 Å². The summed E-state index contributed by atoms with van der Waals surface area (Å²) < 4.78 is 1.40. The molecule has 2 aromatic heterocycles. The van der Waals surface area contributed by atoms with Gasteiger partial charge in [0.2, 0.25) is 0 Å². The van der Waals surface area contributed by atoms with Crippen LogP contribution in [-0.2, 0) is 0 Å². The SMILES string of the molecule is CC(C(=N)n1nc(-c2ccccc2)ccc1=N)c1ccc2ncccc2c1. The minimum Gasteiger partial charge on any atom is -0.286 e. The third-order valence-corrected chi connectivity index (χ3v) is 4.67. The summed E-state index contributed by atoms with van der Waals surface area (Å²) in [4.78, 5) is 4.34. The Morgan fingerprint density at radius 1 is 0.963 bits per heavy atom. The second-order valence-corrected chi connectivity index (χ2v) is 6.44. The first-order valence-electron chi connectivity index (χ1n) is 8.77. The molecule has 2 heterocycles. The Labute approximate surface area is 157 Å². The third kappa shape index (κ3) is 3.27. The maximum Gasteiger partial charge on any atom is 0.148 e. The second kappa shape index (κ2) is 6.96. The fourth-order valence-corrected chi connectivity index (χ4v) is 3.07. The molecule has 0 radical (unpaired) electrons. The summed E-state index contributed by atoms with van der Waals surface area (Å²) in [5.41, 5.74) is 3.82. The van der Waals surface area contributed by atoms with Crippen molar-refractivity contribution in [3.63, 3.8) is 0 Å². The summed E-state index contributed by atoms with van der Waals surface area (Å²) in [7, 11) is 0. The number of aromatic nitrogens is 3. The molecule has 0 aliphatic carbocycles. The van der Waals surface area contributed by atoms with Crippen molar-refractivity contribution in [1.82, 2.24) is 14.8 Å². The summed E-state index contributed by atoms with van der Waals surface area (Å²) in [5, 5.41) is 22.4. The van der Waals surface area contributed by atoms with E-state index in [2.05, 4.69) is 10.1 Å². The van der Waals surface area contributed by atoms with Gasteiger partial charge in [0, 0.05) is 23.1 Å². The van der Waals surface area contributed by atoms with Crippen LogP contribution in [0.25, 0.3) is 22.2 Å². The van der Waals surface area contributed by atoms with Crippen LogP contribution in [0, 0.1) is 10.8 Å². The molecule has 5 heteroatoms. The van der Waals surface area contributed by atoms with E-state index in [-0.39, 0.29) is 17.2 Å². The first kappa shape index (κ1) is 16.8. The average Bonchev–Trinajstić information content (AvgIpc) is 2.73. The predicted octanol–water partition coefficient (Wildman–Crippen LogP) is 4.21. The van der Waals surface area contributed by atoms with Crippen molar-refractivity contribution in [3.8, 4) is 11.3 Å². The number of fused-ring (bicyclic) bond motifs is 1. The van der Waals surface area contributed by atoms with Gasteiger partial charge in [-0.1, -0.05) is 49.4 Å². The van der Waals surface area contributed by atoms with Crippen molar-refractivity contribution < 1.29 is 0 Å². The molecule has 0 aliphatic heterocycles. The van der Waals surface area contributed by atoms with Crippen molar-refractivity contribution in [2.75, 3.05) is 0 Å². The Morgan fingerprint density at radius 3 is 2.59 bits per heavy atom. The smallest absolute Gasteiger partial charge is 0.148 e. The van der Waals surface area contributed by atoms with E-state index < -0.39 is 0 Å². The topological polar surface area (TPSA) is 78.4 Å². The summed E-state index contributed by atoms with van der Waals surface area (Å²) in [6.45, 7) is 1.96. The van der Waals surface area contributed by atoms with E-state index in [0.717, 1.165) is 27.7 Å². The maximum absolute atomic E-state index is 8.65. The summed E-state index contributed by atoms with van der Waals surface area (Å²) in [6, 6.07) is 23.2. The molecule has 2 aromatic carbocycles. The normalized spacial score (nSPS) is 12.0. The monoisotopic (exact) mass is 353 g/mol. The Balaban J connectivity index is 1.72. The Hall–Kier alpha value is -3.60. The van der Waals surface area contributed by atoms with E-state index in [1.165, 1.54) is 4.68 Å². The second-order valence-electron chi connectivity index (χ2n) is 6.44. The molecule has 5 nitrogen and oxygen atoms in total. The third-order valence-electron chi connectivity index (χ3n) is 4.67. The largest absolute Gasteiger partial charge is 0.286 e. The number of pyridine rings is 1. The van der Waals surface area contributed by atoms with E-state index in [1.54, 1.807) is 12.3 Å². The number of benzene rings is 2. The lowest BCUT2D eigenvalue weighted by Crippen LogP contribution is -2.32. The van der Waals surface area contributed by atoms with E-state index in [1.807, 2.05) is 73.7 Å². The van der Waals surface area contributed by atoms with E-state index in [0.29, 0.717) is 0 Å². The van der Waals surface area contributed by atoms with Gasteiger partial charge in [-0.25, -0.2) is 4.68 Å². The molecule has 0 aliphatic rings. The minimum atomic E-state index is -0.206. The molecule has 0 spiro atoms. The molecule has 1 unspecified atom stereocenters. The standard InChI is InChI=1S/C22H19N5/c1-15(17-9-10-19-18(14-17)8-5-13-25-19)22(24)27-21(23)12-11-20(26-27)16-6-3-2-4-7-16/h2-15,23-24H,1H3. The van der Waals surface area contributed by atoms with Crippen LogP contribution in [0.3, 0.4) is 0 Å². The number of nitrogens with one attached hydrogen (secondary N) is 2. The molecule has 4 aromatic rings. The fraction of sp³-hybridized carbons (Fsp3) is 0.0909. The quantitative estimate of drug-likeness (QED) is 0.427. The number of nitrogens with zero attached hydrogens (tertiary/aromatic N) is 3. The zero-order chi connectivity index (χ0) is 18.8. The first-order valence-corrected chi connectivity index (χ1v) is 8.77. The van der Waals surface area contributed by atoms with Crippen LogP contribution in [0.5, 0.6) is 0 Å². The minimum absolute atomic E-state index is 0.189. The highest BCUT2D eigenvalue weighted by Crippen LogP contribution is 2.22. The van der Waals surface area contributed by atoms with Gasteiger partial charge in [-0.15, -0.1) is 0 Å². The predicted molar refractivity (Wildman–Crippen MR) is 107 cm³/mol. The molecule has 0 bridgehead atoms. The molecular formula is C22H19N5. The van der Waals surface area contributed by atoms with Gasteiger partial charge in [0.05, 0.1) is 11.2 Å². The Morgan fingerprint density at radius 2 is 1.78 bits per heavy atom.